The summed E-state index contributed by atoms with van der Waals surface area (Å²) in [7, 11) is 0. The topological polar surface area (TPSA) is 38.0 Å². The van der Waals surface area contributed by atoms with Crippen molar-refractivity contribution in [3.63, 3.8) is 0 Å². The lowest BCUT2D eigenvalue weighted by Gasteiger charge is -2.20. The first kappa shape index (κ1) is 11.7. The molecule has 16 heavy (non-hydrogen) atoms. The van der Waals surface area contributed by atoms with Gasteiger partial charge in [-0.05, 0) is 25.5 Å². The van der Waals surface area contributed by atoms with Crippen molar-refractivity contribution in [3.8, 4) is 0 Å². The van der Waals surface area contributed by atoms with E-state index in [2.05, 4.69) is 49.6 Å². The number of hydrazine groups is 1. The molecule has 2 atom stereocenters. The lowest BCUT2D eigenvalue weighted by Crippen LogP contribution is -2.38. The highest BCUT2D eigenvalue weighted by atomic mass is 32.2. The van der Waals surface area contributed by atoms with Gasteiger partial charge in [0.1, 0.15) is 0 Å². The third-order valence-electron chi connectivity index (χ3n) is 2.88. The van der Waals surface area contributed by atoms with Crippen LogP contribution in [-0.4, -0.2) is 11.8 Å². The van der Waals surface area contributed by atoms with Gasteiger partial charge in [-0.1, -0.05) is 29.8 Å². The number of thioether (sulfide) groups is 1. The van der Waals surface area contributed by atoms with Crippen molar-refractivity contribution in [3.05, 3.63) is 41.5 Å². The molecule has 0 spiro atoms. The molecule has 0 saturated heterocycles. The van der Waals surface area contributed by atoms with Crippen molar-refractivity contribution in [2.45, 2.75) is 30.7 Å². The van der Waals surface area contributed by atoms with Crippen LogP contribution >= 0.6 is 11.8 Å². The first-order valence-corrected chi connectivity index (χ1v) is 6.54. The molecule has 3 N–H and O–H groups in total. The second-order valence-electron chi connectivity index (χ2n) is 4.39. The van der Waals surface area contributed by atoms with E-state index in [9.17, 15) is 0 Å². The highest BCUT2D eigenvalue weighted by Gasteiger charge is 2.28. The molecule has 1 aliphatic rings. The van der Waals surface area contributed by atoms with E-state index in [0.717, 1.165) is 5.75 Å². The molecule has 1 heterocycles. The van der Waals surface area contributed by atoms with Gasteiger partial charge in [-0.25, -0.2) is 0 Å². The second-order valence-corrected chi connectivity index (χ2v) is 5.45. The van der Waals surface area contributed by atoms with E-state index in [1.54, 1.807) is 0 Å². The van der Waals surface area contributed by atoms with Crippen molar-refractivity contribution >= 4 is 11.8 Å². The molecule has 0 aliphatic carbocycles. The molecule has 86 valence electrons. The predicted molar refractivity (Wildman–Crippen MR) is 70.4 cm³/mol. The Hall–Kier alpha value is -0.770. The summed E-state index contributed by atoms with van der Waals surface area (Å²) in [5, 5.41) is 0. The molecular formula is C13H18N2S. The van der Waals surface area contributed by atoms with Gasteiger partial charge >= 0.3 is 0 Å². The van der Waals surface area contributed by atoms with Crippen LogP contribution < -0.4 is 11.3 Å². The van der Waals surface area contributed by atoms with E-state index < -0.39 is 0 Å². The highest BCUT2D eigenvalue weighted by molar-refractivity contribution is 7.99. The number of hydrogen-bond donors (Lipinski definition) is 2. The van der Waals surface area contributed by atoms with Crippen molar-refractivity contribution in [1.82, 2.24) is 5.43 Å². The van der Waals surface area contributed by atoms with E-state index >= 15 is 0 Å². The number of nitrogens with one attached hydrogen (secondary N) is 1. The molecule has 2 nitrogen and oxygen atoms in total. The fourth-order valence-corrected chi connectivity index (χ4v) is 3.43. The van der Waals surface area contributed by atoms with E-state index in [1.165, 1.54) is 16.0 Å². The summed E-state index contributed by atoms with van der Waals surface area (Å²) in [5.41, 5.74) is 5.65. The summed E-state index contributed by atoms with van der Waals surface area (Å²) < 4.78 is 0. The summed E-state index contributed by atoms with van der Waals surface area (Å²) in [6.07, 6.45) is 2.22. The molecule has 0 amide bonds. The smallest absolute Gasteiger partial charge is 0.0470 e. The third kappa shape index (κ3) is 2.32. The zero-order valence-corrected chi connectivity index (χ0v) is 10.6. The summed E-state index contributed by atoms with van der Waals surface area (Å²) in [5.74, 6) is 7.25. The average molecular weight is 234 g/mol. The molecular weight excluding hydrogens is 216 g/mol. The molecule has 2 unspecified atom stereocenters. The first-order chi connectivity index (χ1) is 7.72. The van der Waals surface area contributed by atoms with Crippen molar-refractivity contribution < 1.29 is 0 Å². The number of hydrogen-bond acceptors (Lipinski definition) is 3. The molecule has 0 saturated carbocycles. The quantitative estimate of drug-likeness (QED) is 0.480. The van der Waals surface area contributed by atoms with Crippen molar-refractivity contribution in [1.29, 1.82) is 0 Å². The number of nitrogens with two attached hydrogens (primary N) is 1. The summed E-state index contributed by atoms with van der Waals surface area (Å²) in [6, 6.07) is 8.84. The van der Waals surface area contributed by atoms with Gasteiger partial charge in [0.15, 0.2) is 0 Å². The first-order valence-electron chi connectivity index (χ1n) is 5.55. The molecule has 2 rings (SSSR count). The van der Waals surface area contributed by atoms with Gasteiger partial charge in [0, 0.05) is 22.6 Å². The molecule has 0 bridgehead atoms. The Morgan fingerprint density at radius 2 is 2.25 bits per heavy atom. The SMILES string of the molecule is CC(C)=CC(NN)C1CSc2ccccc21. The van der Waals surface area contributed by atoms with Crippen LogP contribution in [0.2, 0.25) is 0 Å². The Morgan fingerprint density at radius 3 is 2.94 bits per heavy atom. The third-order valence-corrected chi connectivity index (χ3v) is 4.08. The zero-order valence-electron chi connectivity index (χ0n) is 9.73. The van der Waals surface area contributed by atoms with Gasteiger partial charge in [-0.3, -0.25) is 11.3 Å². The Morgan fingerprint density at radius 1 is 1.50 bits per heavy atom. The molecule has 0 radical (unpaired) electrons. The maximum atomic E-state index is 5.65. The lowest BCUT2D eigenvalue weighted by atomic mass is 9.92. The minimum atomic E-state index is 0.237. The zero-order chi connectivity index (χ0) is 11.5. The Labute approximate surface area is 101 Å². The van der Waals surface area contributed by atoms with Crippen LogP contribution in [0.5, 0.6) is 0 Å². The lowest BCUT2D eigenvalue weighted by molar-refractivity contribution is 0.542. The van der Waals surface area contributed by atoms with Crippen LogP contribution in [0.3, 0.4) is 0 Å². The molecule has 0 aromatic heterocycles. The average Bonchev–Trinajstić information content (AvgIpc) is 2.69. The van der Waals surface area contributed by atoms with Crippen LogP contribution in [0, 0.1) is 0 Å². The van der Waals surface area contributed by atoms with Gasteiger partial charge < -0.3 is 0 Å². The van der Waals surface area contributed by atoms with Crippen molar-refractivity contribution in [2.24, 2.45) is 5.84 Å². The van der Waals surface area contributed by atoms with Crippen molar-refractivity contribution in [2.75, 3.05) is 5.75 Å². The summed E-state index contributed by atoms with van der Waals surface area (Å²) >= 11 is 1.92. The fourth-order valence-electron chi connectivity index (χ4n) is 2.12. The maximum absolute atomic E-state index is 5.65. The minimum Gasteiger partial charge on any atom is -0.271 e. The standard InChI is InChI=1S/C13H18N2S/c1-9(2)7-12(15-14)11-8-16-13-6-4-3-5-10(11)13/h3-7,11-12,15H,8,14H2,1-2H3. The molecule has 0 fully saturated rings. The van der Waals surface area contributed by atoms with E-state index in [-0.39, 0.29) is 6.04 Å². The second kappa shape index (κ2) is 5.04. The van der Waals surface area contributed by atoms with E-state index in [0.29, 0.717) is 5.92 Å². The van der Waals surface area contributed by atoms with Gasteiger partial charge in [-0.2, -0.15) is 0 Å². The number of benzene rings is 1. The Kier molecular flexibility index (Phi) is 3.69. The summed E-state index contributed by atoms with van der Waals surface area (Å²) in [6.45, 7) is 4.22. The minimum absolute atomic E-state index is 0.237. The number of fused-ring (bicyclic) bond motifs is 1. The Balaban J connectivity index is 2.26. The van der Waals surface area contributed by atoms with Gasteiger partial charge in [0.2, 0.25) is 0 Å². The number of rotatable bonds is 3. The van der Waals surface area contributed by atoms with Crippen LogP contribution in [0.25, 0.3) is 0 Å². The van der Waals surface area contributed by atoms with Crippen LogP contribution in [0.1, 0.15) is 25.3 Å². The molecule has 1 aromatic carbocycles. The van der Waals surface area contributed by atoms with Gasteiger partial charge in [0.25, 0.3) is 0 Å². The summed E-state index contributed by atoms with van der Waals surface area (Å²) in [4.78, 5) is 1.40. The van der Waals surface area contributed by atoms with Gasteiger partial charge in [0.05, 0.1) is 0 Å². The number of allylic oxidation sites excluding steroid dienone is 1. The normalized spacial score (nSPS) is 20.3. The van der Waals surface area contributed by atoms with Crippen LogP contribution in [0.15, 0.2) is 40.8 Å². The molecule has 1 aromatic rings. The highest BCUT2D eigenvalue weighted by Crippen LogP contribution is 2.41. The van der Waals surface area contributed by atoms with E-state index in [4.69, 9.17) is 5.84 Å². The maximum Gasteiger partial charge on any atom is 0.0470 e. The Bertz CT molecular complexity index is 397. The molecule has 1 aliphatic heterocycles. The van der Waals surface area contributed by atoms with Crippen LogP contribution in [0.4, 0.5) is 0 Å². The largest absolute Gasteiger partial charge is 0.271 e. The van der Waals surface area contributed by atoms with Gasteiger partial charge in [-0.15, -0.1) is 11.8 Å². The van der Waals surface area contributed by atoms with Crippen LogP contribution in [-0.2, 0) is 0 Å². The fraction of sp³-hybridized carbons (Fsp3) is 0.385. The molecule has 3 heteroatoms. The predicted octanol–water partition coefficient (Wildman–Crippen LogP) is 2.67. The van der Waals surface area contributed by atoms with E-state index in [1.807, 2.05) is 11.8 Å². The monoisotopic (exact) mass is 234 g/mol.